The SMILES string of the molecule is CC(Cc1cc(Cl)ccc1C1CCCCC1)CN1CCCC1. The van der Waals surface area contributed by atoms with E-state index in [9.17, 15) is 0 Å². The molecule has 1 atom stereocenters. The summed E-state index contributed by atoms with van der Waals surface area (Å²) in [7, 11) is 0. The van der Waals surface area contributed by atoms with Crippen LogP contribution >= 0.6 is 11.6 Å². The van der Waals surface area contributed by atoms with Gasteiger partial charge in [0.2, 0.25) is 0 Å². The smallest absolute Gasteiger partial charge is 0.0408 e. The average Bonchev–Trinajstić information content (AvgIpc) is 3.01. The van der Waals surface area contributed by atoms with Gasteiger partial charge in [0.05, 0.1) is 0 Å². The molecule has 1 nitrogen and oxygen atoms in total. The Morgan fingerprint density at radius 3 is 2.55 bits per heavy atom. The van der Waals surface area contributed by atoms with Gasteiger partial charge in [0, 0.05) is 11.6 Å². The van der Waals surface area contributed by atoms with E-state index in [1.54, 1.807) is 5.56 Å². The first-order valence-corrected chi connectivity index (χ1v) is 9.61. The van der Waals surface area contributed by atoms with Crippen molar-refractivity contribution in [2.24, 2.45) is 5.92 Å². The third-order valence-electron chi connectivity index (χ3n) is 5.49. The summed E-state index contributed by atoms with van der Waals surface area (Å²) in [5.41, 5.74) is 3.11. The lowest BCUT2D eigenvalue weighted by Crippen LogP contribution is -2.26. The monoisotopic (exact) mass is 319 g/mol. The molecule has 0 radical (unpaired) electrons. The third kappa shape index (κ3) is 4.26. The van der Waals surface area contributed by atoms with Crippen molar-refractivity contribution in [3.05, 3.63) is 34.3 Å². The second-order valence-corrected chi connectivity index (χ2v) is 7.93. The summed E-state index contributed by atoms with van der Waals surface area (Å²) >= 11 is 6.30. The summed E-state index contributed by atoms with van der Waals surface area (Å²) < 4.78 is 0. The predicted molar refractivity (Wildman–Crippen MR) is 95.8 cm³/mol. The molecule has 1 aliphatic heterocycles. The van der Waals surface area contributed by atoms with E-state index >= 15 is 0 Å². The zero-order valence-electron chi connectivity index (χ0n) is 14.0. The van der Waals surface area contributed by atoms with Crippen molar-refractivity contribution < 1.29 is 0 Å². The van der Waals surface area contributed by atoms with Crippen LogP contribution in [0.4, 0.5) is 0 Å². The largest absolute Gasteiger partial charge is 0.303 e. The van der Waals surface area contributed by atoms with Gasteiger partial charge in [0.15, 0.2) is 0 Å². The van der Waals surface area contributed by atoms with Gasteiger partial charge in [-0.15, -0.1) is 0 Å². The summed E-state index contributed by atoms with van der Waals surface area (Å²) in [5, 5.41) is 0.905. The Kier molecular flexibility index (Phi) is 5.82. The number of hydrogen-bond acceptors (Lipinski definition) is 1. The molecule has 1 saturated heterocycles. The van der Waals surface area contributed by atoms with Gasteiger partial charge in [-0.25, -0.2) is 0 Å². The molecular weight excluding hydrogens is 290 g/mol. The Morgan fingerprint density at radius 2 is 1.82 bits per heavy atom. The summed E-state index contributed by atoms with van der Waals surface area (Å²) in [4.78, 5) is 2.63. The lowest BCUT2D eigenvalue weighted by Gasteiger charge is -2.26. The Hall–Kier alpha value is -0.530. The fraction of sp³-hybridized carbons (Fsp3) is 0.700. The molecule has 0 N–H and O–H groups in total. The molecule has 2 aliphatic rings. The molecule has 1 aliphatic carbocycles. The molecule has 2 heteroatoms. The van der Waals surface area contributed by atoms with Crippen molar-refractivity contribution in [2.45, 2.75) is 64.2 Å². The minimum absolute atomic E-state index is 0.721. The zero-order chi connectivity index (χ0) is 15.4. The van der Waals surface area contributed by atoms with Crippen LogP contribution < -0.4 is 0 Å². The van der Waals surface area contributed by atoms with E-state index in [0.717, 1.165) is 16.9 Å². The van der Waals surface area contributed by atoms with Crippen LogP contribution in [-0.2, 0) is 6.42 Å². The number of hydrogen-bond donors (Lipinski definition) is 0. The maximum atomic E-state index is 6.30. The van der Waals surface area contributed by atoms with Crippen molar-refractivity contribution in [3.8, 4) is 0 Å². The Bertz CT molecular complexity index is 473. The summed E-state index contributed by atoms with van der Waals surface area (Å²) in [5.74, 6) is 1.50. The summed E-state index contributed by atoms with van der Waals surface area (Å²) in [6.07, 6.45) is 10.9. The van der Waals surface area contributed by atoms with Crippen molar-refractivity contribution in [1.82, 2.24) is 4.90 Å². The highest BCUT2D eigenvalue weighted by atomic mass is 35.5. The van der Waals surface area contributed by atoms with Gasteiger partial charge >= 0.3 is 0 Å². The fourth-order valence-electron chi connectivity index (χ4n) is 4.41. The first-order chi connectivity index (χ1) is 10.7. The van der Waals surface area contributed by atoms with Gasteiger partial charge in [0.1, 0.15) is 0 Å². The topological polar surface area (TPSA) is 3.24 Å². The Balaban J connectivity index is 1.69. The minimum atomic E-state index is 0.721. The van der Waals surface area contributed by atoms with Crippen LogP contribution in [0.1, 0.15) is 68.9 Å². The number of likely N-dealkylation sites (tertiary alicyclic amines) is 1. The van der Waals surface area contributed by atoms with Gasteiger partial charge in [-0.1, -0.05) is 43.9 Å². The normalized spacial score (nSPS) is 22.1. The number of halogens is 1. The Labute approximate surface area is 141 Å². The second kappa shape index (κ2) is 7.84. The van der Waals surface area contributed by atoms with Gasteiger partial charge in [-0.2, -0.15) is 0 Å². The van der Waals surface area contributed by atoms with Crippen LogP contribution in [0.3, 0.4) is 0 Å². The van der Waals surface area contributed by atoms with Crippen molar-refractivity contribution >= 4 is 11.6 Å². The van der Waals surface area contributed by atoms with Crippen molar-refractivity contribution in [3.63, 3.8) is 0 Å². The van der Waals surface area contributed by atoms with Gasteiger partial charge in [0.25, 0.3) is 0 Å². The van der Waals surface area contributed by atoms with E-state index in [0.29, 0.717) is 0 Å². The number of benzene rings is 1. The molecule has 3 rings (SSSR count). The number of nitrogens with zero attached hydrogens (tertiary/aromatic N) is 1. The molecule has 1 saturated carbocycles. The zero-order valence-corrected chi connectivity index (χ0v) is 14.7. The molecule has 0 spiro atoms. The highest BCUT2D eigenvalue weighted by Crippen LogP contribution is 2.36. The van der Waals surface area contributed by atoms with E-state index < -0.39 is 0 Å². The van der Waals surface area contributed by atoms with E-state index in [1.807, 2.05) is 0 Å². The van der Waals surface area contributed by atoms with Crippen molar-refractivity contribution in [2.75, 3.05) is 19.6 Å². The van der Waals surface area contributed by atoms with Gasteiger partial charge in [-0.05, 0) is 80.3 Å². The Morgan fingerprint density at radius 1 is 1.09 bits per heavy atom. The van der Waals surface area contributed by atoms with Crippen molar-refractivity contribution in [1.29, 1.82) is 0 Å². The van der Waals surface area contributed by atoms with Gasteiger partial charge in [-0.3, -0.25) is 0 Å². The lowest BCUT2D eigenvalue weighted by molar-refractivity contribution is 0.286. The first kappa shape index (κ1) is 16.3. The van der Waals surface area contributed by atoms with Crippen LogP contribution in [0, 0.1) is 5.92 Å². The molecule has 0 aromatic heterocycles. The molecule has 1 aromatic rings. The van der Waals surface area contributed by atoms with E-state index in [1.165, 1.54) is 76.6 Å². The standard InChI is InChI=1S/C20H30ClN/c1-16(15-22-11-5-6-12-22)13-18-14-19(21)9-10-20(18)17-7-3-2-4-8-17/h9-10,14,16-17H,2-8,11-13,15H2,1H3. The highest BCUT2D eigenvalue weighted by molar-refractivity contribution is 6.30. The molecule has 0 amide bonds. The van der Waals surface area contributed by atoms with Crippen LogP contribution in [0.5, 0.6) is 0 Å². The summed E-state index contributed by atoms with van der Waals surface area (Å²) in [6, 6.07) is 6.66. The first-order valence-electron chi connectivity index (χ1n) is 9.23. The average molecular weight is 320 g/mol. The quantitative estimate of drug-likeness (QED) is 0.676. The predicted octanol–water partition coefficient (Wildman–Crippen LogP) is 5.66. The van der Waals surface area contributed by atoms with E-state index in [2.05, 4.69) is 30.0 Å². The molecule has 2 fully saturated rings. The second-order valence-electron chi connectivity index (χ2n) is 7.50. The van der Waals surface area contributed by atoms with Gasteiger partial charge < -0.3 is 4.90 Å². The lowest BCUT2D eigenvalue weighted by atomic mass is 9.80. The molecule has 1 heterocycles. The van der Waals surface area contributed by atoms with Crippen LogP contribution in [0.25, 0.3) is 0 Å². The number of rotatable bonds is 5. The van der Waals surface area contributed by atoms with E-state index in [-0.39, 0.29) is 0 Å². The molecule has 122 valence electrons. The fourth-order valence-corrected chi connectivity index (χ4v) is 4.60. The molecule has 0 bridgehead atoms. The van der Waals surface area contributed by atoms with E-state index in [4.69, 9.17) is 11.6 Å². The molecule has 1 aromatic carbocycles. The minimum Gasteiger partial charge on any atom is -0.303 e. The molecule has 1 unspecified atom stereocenters. The summed E-state index contributed by atoms with van der Waals surface area (Å²) in [6.45, 7) is 6.26. The molecule has 22 heavy (non-hydrogen) atoms. The third-order valence-corrected chi connectivity index (χ3v) is 5.72. The van der Waals surface area contributed by atoms with Crippen LogP contribution in [0.2, 0.25) is 5.02 Å². The maximum absolute atomic E-state index is 6.30. The van der Waals surface area contributed by atoms with Crippen LogP contribution in [-0.4, -0.2) is 24.5 Å². The van der Waals surface area contributed by atoms with Crippen LogP contribution in [0.15, 0.2) is 18.2 Å². The highest BCUT2D eigenvalue weighted by Gasteiger charge is 2.21. The maximum Gasteiger partial charge on any atom is 0.0408 e. The molecular formula is C20H30ClN.